The standard InChI is InChI=1S/C18H14Cl4N4O2/c19-13-5-1-3-11(17(13)21)9-23-25-15(27)7-8-16(28)26-24-10-12-4-2-6-14(20)18(12)22/h1-6,9-10H,7-8H2,(H,25,27)(H,26,28)/b23-9+,24-10+. The van der Waals surface area contributed by atoms with Gasteiger partial charge in [0.25, 0.3) is 0 Å². The van der Waals surface area contributed by atoms with Crippen LogP contribution in [0.1, 0.15) is 24.0 Å². The van der Waals surface area contributed by atoms with Gasteiger partial charge in [0, 0.05) is 24.0 Å². The summed E-state index contributed by atoms with van der Waals surface area (Å²) in [6, 6.07) is 10.1. The first-order chi connectivity index (χ1) is 13.4. The van der Waals surface area contributed by atoms with Crippen molar-refractivity contribution >= 4 is 70.6 Å². The van der Waals surface area contributed by atoms with Crippen molar-refractivity contribution in [3.05, 3.63) is 67.6 Å². The monoisotopic (exact) mass is 458 g/mol. The van der Waals surface area contributed by atoms with E-state index in [1.807, 2.05) is 0 Å². The van der Waals surface area contributed by atoms with E-state index in [2.05, 4.69) is 21.1 Å². The van der Waals surface area contributed by atoms with Crippen LogP contribution in [0.3, 0.4) is 0 Å². The van der Waals surface area contributed by atoms with Crippen LogP contribution in [0.5, 0.6) is 0 Å². The summed E-state index contributed by atoms with van der Waals surface area (Å²) in [5.41, 5.74) is 5.73. The van der Waals surface area contributed by atoms with E-state index in [0.717, 1.165) is 0 Å². The number of hydrazone groups is 2. The Bertz CT molecular complexity index is 856. The second-order valence-electron chi connectivity index (χ2n) is 5.37. The molecule has 2 N–H and O–H groups in total. The summed E-state index contributed by atoms with van der Waals surface area (Å²) in [6.07, 6.45) is 2.59. The summed E-state index contributed by atoms with van der Waals surface area (Å²) in [5, 5.41) is 9.00. The lowest BCUT2D eigenvalue weighted by atomic mass is 10.2. The first kappa shape index (κ1) is 22.2. The number of hydrogen-bond donors (Lipinski definition) is 2. The summed E-state index contributed by atoms with van der Waals surface area (Å²) in [6.45, 7) is 0. The number of carbonyl (C=O) groups excluding carboxylic acids is 2. The second kappa shape index (κ2) is 11.0. The molecule has 0 radical (unpaired) electrons. The Hall–Kier alpha value is -2.12. The van der Waals surface area contributed by atoms with Crippen molar-refractivity contribution in [2.45, 2.75) is 12.8 Å². The lowest BCUT2D eigenvalue weighted by Crippen LogP contribution is -2.22. The third kappa shape index (κ3) is 6.80. The average molecular weight is 460 g/mol. The van der Waals surface area contributed by atoms with Gasteiger partial charge >= 0.3 is 0 Å². The molecule has 28 heavy (non-hydrogen) atoms. The number of rotatable bonds is 7. The van der Waals surface area contributed by atoms with E-state index in [9.17, 15) is 9.59 Å². The molecule has 6 nitrogen and oxygen atoms in total. The summed E-state index contributed by atoms with van der Waals surface area (Å²) in [7, 11) is 0. The molecule has 146 valence electrons. The predicted octanol–water partition coefficient (Wildman–Crippen LogP) is 4.68. The van der Waals surface area contributed by atoms with Crippen molar-refractivity contribution < 1.29 is 9.59 Å². The predicted molar refractivity (Wildman–Crippen MR) is 114 cm³/mol. The van der Waals surface area contributed by atoms with Crippen LogP contribution in [0, 0.1) is 0 Å². The van der Waals surface area contributed by atoms with Gasteiger partial charge in [-0.1, -0.05) is 70.7 Å². The number of amides is 2. The fourth-order valence-electron chi connectivity index (χ4n) is 1.93. The van der Waals surface area contributed by atoms with Crippen molar-refractivity contribution in [2.75, 3.05) is 0 Å². The van der Waals surface area contributed by atoms with E-state index in [1.165, 1.54) is 12.4 Å². The minimum absolute atomic E-state index is 0.0696. The number of carbonyl (C=O) groups is 2. The molecule has 0 saturated carbocycles. The fraction of sp³-hybridized carbons (Fsp3) is 0.111. The molecule has 10 heteroatoms. The van der Waals surface area contributed by atoms with Gasteiger partial charge in [0.1, 0.15) is 0 Å². The van der Waals surface area contributed by atoms with Gasteiger partial charge in [-0.3, -0.25) is 9.59 Å². The number of halogens is 4. The molecule has 2 aromatic rings. The molecule has 2 rings (SSSR count). The molecule has 0 heterocycles. The minimum atomic E-state index is -0.439. The molecule has 0 aliphatic carbocycles. The number of hydrogen-bond acceptors (Lipinski definition) is 4. The zero-order valence-corrected chi connectivity index (χ0v) is 17.3. The van der Waals surface area contributed by atoms with Crippen LogP contribution >= 0.6 is 46.4 Å². The maximum atomic E-state index is 11.7. The lowest BCUT2D eigenvalue weighted by Gasteiger charge is -2.02. The zero-order chi connectivity index (χ0) is 20.5. The molecule has 0 saturated heterocycles. The lowest BCUT2D eigenvalue weighted by molar-refractivity contribution is -0.126. The molecule has 0 fully saturated rings. The van der Waals surface area contributed by atoms with Gasteiger partial charge in [0.2, 0.25) is 11.8 Å². The van der Waals surface area contributed by atoms with E-state index >= 15 is 0 Å². The highest BCUT2D eigenvalue weighted by molar-refractivity contribution is 6.44. The number of benzene rings is 2. The van der Waals surface area contributed by atoms with E-state index in [1.54, 1.807) is 36.4 Å². The van der Waals surface area contributed by atoms with E-state index < -0.39 is 11.8 Å². The molecule has 0 atom stereocenters. The SMILES string of the molecule is O=C(CCC(=O)N/N=C/c1cccc(Cl)c1Cl)N/N=C/c1cccc(Cl)c1Cl. The Morgan fingerprint density at radius 1 is 0.750 bits per heavy atom. The van der Waals surface area contributed by atoms with Gasteiger partial charge in [-0.25, -0.2) is 10.9 Å². The maximum Gasteiger partial charge on any atom is 0.240 e. The quantitative estimate of drug-likeness (QED) is 0.465. The number of nitrogens with one attached hydrogen (secondary N) is 2. The molecular weight excluding hydrogens is 446 g/mol. The van der Waals surface area contributed by atoms with Crippen molar-refractivity contribution in [1.29, 1.82) is 0 Å². The molecule has 0 aliphatic rings. The van der Waals surface area contributed by atoms with Crippen LogP contribution < -0.4 is 10.9 Å². The molecule has 0 unspecified atom stereocenters. The minimum Gasteiger partial charge on any atom is -0.273 e. The summed E-state index contributed by atoms with van der Waals surface area (Å²) >= 11 is 23.8. The van der Waals surface area contributed by atoms with E-state index in [-0.39, 0.29) is 12.8 Å². The Kier molecular flexibility index (Phi) is 8.73. The van der Waals surface area contributed by atoms with Crippen LogP contribution in [0.25, 0.3) is 0 Å². The highest BCUT2D eigenvalue weighted by atomic mass is 35.5. The zero-order valence-electron chi connectivity index (χ0n) is 14.3. The van der Waals surface area contributed by atoms with Crippen LogP contribution in [0.4, 0.5) is 0 Å². The Morgan fingerprint density at radius 3 is 1.54 bits per heavy atom. The summed E-state index contributed by atoms with van der Waals surface area (Å²) in [5.74, 6) is -0.877. The largest absolute Gasteiger partial charge is 0.273 e. The van der Waals surface area contributed by atoms with E-state index in [0.29, 0.717) is 31.2 Å². The normalized spacial score (nSPS) is 11.1. The second-order valence-corrected chi connectivity index (χ2v) is 6.94. The molecule has 0 aliphatic heterocycles. The van der Waals surface area contributed by atoms with Crippen molar-refractivity contribution in [1.82, 2.24) is 10.9 Å². The van der Waals surface area contributed by atoms with Crippen molar-refractivity contribution in [2.24, 2.45) is 10.2 Å². The first-order valence-corrected chi connectivity index (χ1v) is 9.41. The molecule has 2 aromatic carbocycles. The Labute approximate surface area is 181 Å². The van der Waals surface area contributed by atoms with Gasteiger partial charge in [0.15, 0.2) is 0 Å². The molecule has 0 aromatic heterocycles. The Morgan fingerprint density at radius 2 is 1.14 bits per heavy atom. The van der Waals surface area contributed by atoms with Crippen molar-refractivity contribution in [3.63, 3.8) is 0 Å². The maximum absolute atomic E-state index is 11.7. The molecule has 2 amide bonds. The molecule has 0 bridgehead atoms. The third-order valence-electron chi connectivity index (χ3n) is 3.33. The van der Waals surface area contributed by atoms with Gasteiger partial charge < -0.3 is 0 Å². The van der Waals surface area contributed by atoms with Gasteiger partial charge in [-0.15, -0.1) is 0 Å². The van der Waals surface area contributed by atoms with Crippen LogP contribution in [0.2, 0.25) is 20.1 Å². The highest BCUT2D eigenvalue weighted by Crippen LogP contribution is 2.24. The highest BCUT2D eigenvalue weighted by Gasteiger charge is 2.06. The number of nitrogens with zero attached hydrogens (tertiary/aromatic N) is 2. The average Bonchev–Trinajstić information content (AvgIpc) is 2.67. The third-order valence-corrected chi connectivity index (χ3v) is 4.99. The van der Waals surface area contributed by atoms with Gasteiger partial charge in [-0.05, 0) is 12.1 Å². The smallest absolute Gasteiger partial charge is 0.240 e. The fourth-order valence-corrected chi connectivity index (χ4v) is 2.64. The Balaban J connectivity index is 1.75. The van der Waals surface area contributed by atoms with Crippen LogP contribution in [-0.4, -0.2) is 24.2 Å². The summed E-state index contributed by atoms with van der Waals surface area (Å²) in [4.78, 5) is 23.5. The topological polar surface area (TPSA) is 82.9 Å². The van der Waals surface area contributed by atoms with Crippen LogP contribution in [0.15, 0.2) is 46.6 Å². The first-order valence-electron chi connectivity index (χ1n) is 7.90. The summed E-state index contributed by atoms with van der Waals surface area (Å²) < 4.78 is 0. The van der Waals surface area contributed by atoms with E-state index in [4.69, 9.17) is 46.4 Å². The van der Waals surface area contributed by atoms with Gasteiger partial charge in [-0.2, -0.15) is 10.2 Å². The molecular formula is C18H14Cl4N4O2. The van der Waals surface area contributed by atoms with Crippen LogP contribution in [-0.2, 0) is 9.59 Å². The van der Waals surface area contributed by atoms with Crippen molar-refractivity contribution in [3.8, 4) is 0 Å². The molecule has 0 spiro atoms. The van der Waals surface area contributed by atoms with Gasteiger partial charge in [0.05, 0.1) is 32.5 Å².